The molecule has 0 aromatic carbocycles. The van der Waals surface area contributed by atoms with Gasteiger partial charge in [0.2, 0.25) is 0 Å². The predicted molar refractivity (Wildman–Crippen MR) is 43.2 cm³/mol. The minimum atomic E-state index is -0.418. The molecule has 0 aromatic rings. The Hall–Kier alpha value is -0.770. The molecule has 11 heavy (non-hydrogen) atoms. The van der Waals surface area contributed by atoms with Gasteiger partial charge in [-0.2, -0.15) is 0 Å². The van der Waals surface area contributed by atoms with E-state index in [4.69, 9.17) is 5.73 Å². The summed E-state index contributed by atoms with van der Waals surface area (Å²) in [6.45, 7) is 1.90. The van der Waals surface area contributed by atoms with Crippen molar-refractivity contribution in [2.45, 2.75) is 25.3 Å². The number of hydrogen-bond acceptors (Lipinski definition) is 2. The number of nitrogens with one attached hydrogen (secondary N) is 2. The average Bonchev–Trinajstić information content (AvgIpc) is 2.14. The van der Waals surface area contributed by atoms with Crippen molar-refractivity contribution in [2.24, 2.45) is 5.73 Å². The Balaban J connectivity index is 2.25. The molecule has 1 atom stereocenters. The highest BCUT2D eigenvalue weighted by molar-refractivity contribution is 5.71. The van der Waals surface area contributed by atoms with Crippen LogP contribution in [0.4, 0.5) is 4.79 Å². The van der Waals surface area contributed by atoms with E-state index in [0.717, 1.165) is 25.9 Å². The molecule has 1 aliphatic rings. The van der Waals surface area contributed by atoms with E-state index >= 15 is 0 Å². The number of rotatable bonds is 1. The molecule has 4 nitrogen and oxygen atoms in total. The highest BCUT2D eigenvalue weighted by Crippen LogP contribution is 2.03. The molecule has 0 aliphatic carbocycles. The van der Waals surface area contributed by atoms with Crippen LogP contribution in [-0.2, 0) is 0 Å². The molecule has 0 bridgehead atoms. The van der Waals surface area contributed by atoms with Crippen molar-refractivity contribution >= 4 is 6.03 Å². The van der Waals surface area contributed by atoms with Crippen LogP contribution < -0.4 is 16.4 Å². The Morgan fingerprint density at radius 1 is 1.55 bits per heavy atom. The normalized spacial score (nSPS) is 25.6. The fourth-order valence-electron chi connectivity index (χ4n) is 1.34. The summed E-state index contributed by atoms with van der Waals surface area (Å²) in [6.07, 6.45) is 3.39. The van der Waals surface area contributed by atoms with E-state index in [1.807, 2.05) is 0 Å². The van der Waals surface area contributed by atoms with Gasteiger partial charge in [-0.3, -0.25) is 0 Å². The number of carbonyl (C=O) groups is 1. The monoisotopic (exact) mass is 157 g/mol. The molecule has 1 aliphatic heterocycles. The van der Waals surface area contributed by atoms with Gasteiger partial charge >= 0.3 is 6.03 Å². The molecule has 64 valence electrons. The first kappa shape index (κ1) is 8.33. The predicted octanol–water partition coefficient (Wildman–Crippen LogP) is -0.203. The zero-order valence-corrected chi connectivity index (χ0v) is 6.60. The Bertz CT molecular complexity index is 130. The van der Waals surface area contributed by atoms with Crippen LogP contribution in [0.2, 0.25) is 0 Å². The summed E-state index contributed by atoms with van der Waals surface area (Å²) in [5, 5.41) is 5.93. The van der Waals surface area contributed by atoms with Crippen LogP contribution in [0.5, 0.6) is 0 Å². The first-order chi connectivity index (χ1) is 5.29. The van der Waals surface area contributed by atoms with Crippen LogP contribution in [0.3, 0.4) is 0 Å². The lowest BCUT2D eigenvalue weighted by atomic mass is 10.1. The van der Waals surface area contributed by atoms with Crippen molar-refractivity contribution in [1.29, 1.82) is 0 Å². The lowest BCUT2D eigenvalue weighted by molar-refractivity contribution is 0.244. The van der Waals surface area contributed by atoms with E-state index in [1.165, 1.54) is 6.42 Å². The first-order valence-electron chi connectivity index (χ1n) is 4.06. The Labute approximate surface area is 66.5 Å². The van der Waals surface area contributed by atoms with E-state index in [-0.39, 0.29) is 6.04 Å². The third-order valence-electron chi connectivity index (χ3n) is 1.89. The van der Waals surface area contributed by atoms with E-state index in [2.05, 4.69) is 10.6 Å². The molecule has 1 unspecified atom stereocenters. The summed E-state index contributed by atoms with van der Waals surface area (Å²) in [7, 11) is 0. The quantitative estimate of drug-likeness (QED) is 0.493. The van der Waals surface area contributed by atoms with Gasteiger partial charge in [0.1, 0.15) is 0 Å². The highest BCUT2D eigenvalue weighted by atomic mass is 16.2. The lowest BCUT2D eigenvalue weighted by Gasteiger charge is -2.13. The highest BCUT2D eigenvalue weighted by Gasteiger charge is 2.11. The van der Waals surface area contributed by atoms with E-state index in [9.17, 15) is 4.79 Å². The smallest absolute Gasteiger partial charge is 0.312 e. The summed E-state index contributed by atoms with van der Waals surface area (Å²) >= 11 is 0. The standard InChI is InChI=1S/C7H15N3O/c8-7(11)10-6-3-1-2-4-9-5-6/h6,9H,1-5H2,(H3,8,10,11). The van der Waals surface area contributed by atoms with Crippen molar-refractivity contribution in [3.63, 3.8) is 0 Å². The van der Waals surface area contributed by atoms with Crippen LogP contribution in [0.15, 0.2) is 0 Å². The van der Waals surface area contributed by atoms with E-state index in [1.54, 1.807) is 0 Å². The molecule has 1 rings (SSSR count). The van der Waals surface area contributed by atoms with E-state index < -0.39 is 6.03 Å². The van der Waals surface area contributed by atoms with Crippen molar-refractivity contribution in [3.05, 3.63) is 0 Å². The number of carbonyl (C=O) groups excluding carboxylic acids is 1. The van der Waals surface area contributed by atoms with Crippen LogP contribution in [-0.4, -0.2) is 25.2 Å². The van der Waals surface area contributed by atoms with Gasteiger partial charge in [-0.05, 0) is 19.4 Å². The van der Waals surface area contributed by atoms with Crippen molar-refractivity contribution < 1.29 is 4.79 Å². The maximum atomic E-state index is 10.5. The number of primary amides is 1. The number of hydrogen-bond donors (Lipinski definition) is 3. The van der Waals surface area contributed by atoms with Gasteiger partial charge in [0, 0.05) is 12.6 Å². The minimum absolute atomic E-state index is 0.231. The topological polar surface area (TPSA) is 67.2 Å². The summed E-state index contributed by atoms with van der Waals surface area (Å²) in [5.41, 5.74) is 5.00. The first-order valence-corrected chi connectivity index (χ1v) is 4.06. The van der Waals surface area contributed by atoms with Gasteiger partial charge in [-0.1, -0.05) is 6.42 Å². The van der Waals surface area contributed by atoms with Crippen molar-refractivity contribution in [3.8, 4) is 0 Å². The van der Waals surface area contributed by atoms with Crippen LogP contribution >= 0.6 is 0 Å². The van der Waals surface area contributed by atoms with Gasteiger partial charge in [-0.15, -0.1) is 0 Å². The van der Waals surface area contributed by atoms with Crippen LogP contribution in [0, 0.1) is 0 Å². The molecule has 4 heteroatoms. The second kappa shape index (κ2) is 4.18. The van der Waals surface area contributed by atoms with Gasteiger partial charge in [0.15, 0.2) is 0 Å². The number of nitrogens with two attached hydrogens (primary N) is 1. The summed E-state index contributed by atoms with van der Waals surface area (Å²) in [6, 6.07) is -0.186. The molecule has 1 heterocycles. The Morgan fingerprint density at radius 2 is 2.36 bits per heavy atom. The van der Waals surface area contributed by atoms with Gasteiger partial charge < -0.3 is 16.4 Å². The van der Waals surface area contributed by atoms with Crippen LogP contribution in [0.25, 0.3) is 0 Å². The average molecular weight is 157 g/mol. The van der Waals surface area contributed by atoms with Gasteiger partial charge in [0.25, 0.3) is 0 Å². The summed E-state index contributed by atoms with van der Waals surface area (Å²) in [5.74, 6) is 0. The molecule has 1 saturated heterocycles. The second-order valence-corrected chi connectivity index (χ2v) is 2.91. The summed E-state index contributed by atoms with van der Waals surface area (Å²) < 4.78 is 0. The molecule has 0 saturated carbocycles. The summed E-state index contributed by atoms with van der Waals surface area (Å²) in [4.78, 5) is 10.5. The Kier molecular flexibility index (Phi) is 3.16. The van der Waals surface area contributed by atoms with Crippen LogP contribution in [0.1, 0.15) is 19.3 Å². The molecular weight excluding hydrogens is 142 g/mol. The van der Waals surface area contributed by atoms with Gasteiger partial charge in [-0.25, -0.2) is 4.79 Å². The number of urea groups is 1. The van der Waals surface area contributed by atoms with Crippen molar-refractivity contribution in [2.75, 3.05) is 13.1 Å². The second-order valence-electron chi connectivity index (χ2n) is 2.91. The lowest BCUT2D eigenvalue weighted by Crippen LogP contribution is -2.43. The fourth-order valence-corrected chi connectivity index (χ4v) is 1.34. The van der Waals surface area contributed by atoms with E-state index in [0.29, 0.717) is 0 Å². The fraction of sp³-hybridized carbons (Fsp3) is 0.857. The zero-order valence-electron chi connectivity index (χ0n) is 6.60. The SMILES string of the molecule is NC(=O)NC1CCCCNC1. The third-order valence-corrected chi connectivity index (χ3v) is 1.89. The molecule has 0 spiro atoms. The van der Waals surface area contributed by atoms with Crippen molar-refractivity contribution in [1.82, 2.24) is 10.6 Å². The molecular formula is C7H15N3O. The minimum Gasteiger partial charge on any atom is -0.352 e. The molecule has 2 amide bonds. The molecule has 4 N–H and O–H groups in total. The largest absolute Gasteiger partial charge is 0.352 e. The molecule has 0 radical (unpaired) electrons. The molecule has 0 aromatic heterocycles. The number of amides is 2. The maximum absolute atomic E-state index is 10.5. The zero-order chi connectivity index (χ0) is 8.10. The third kappa shape index (κ3) is 3.23. The Morgan fingerprint density at radius 3 is 3.09 bits per heavy atom. The van der Waals surface area contributed by atoms with Gasteiger partial charge in [0.05, 0.1) is 0 Å². The molecule has 1 fully saturated rings. The maximum Gasteiger partial charge on any atom is 0.312 e.